The van der Waals surface area contributed by atoms with E-state index in [1.807, 2.05) is 44.8 Å². The zero-order chi connectivity index (χ0) is 16.2. The first-order chi connectivity index (χ1) is 10.3. The van der Waals surface area contributed by atoms with Crippen LogP contribution in [0, 0.1) is 6.92 Å². The van der Waals surface area contributed by atoms with Crippen molar-refractivity contribution in [2.75, 3.05) is 19.7 Å². The molecule has 124 valence electrons. The molecule has 0 unspecified atom stereocenters. The van der Waals surface area contributed by atoms with E-state index in [9.17, 15) is 4.79 Å². The zero-order valence-corrected chi connectivity index (χ0v) is 14.0. The summed E-state index contributed by atoms with van der Waals surface area (Å²) < 4.78 is 13.3. The van der Waals surface area contributed by atoms with Crippen molar-refractivity contribution in [1.82, 2.24) is 14.5 Å². The molecule has 22 heavy (non-hydrogen) atoms. The van der Waals surface area contributed by atoms with Gasteiger partial charge in [0.15, 0.2) is 0 Å². The van der Waals surface area contributed by atoms with Crippen LogP contribution >= 0.6 is 0 Å². The predicted molar refractivity (Wildman–Crippen MR) is 83.7 cm³/mol. The highest BCUT2D eigenvalue weighted by Crippen LogP contribution is 2.17. The van der Waals surface area contributed by atoms with Crippen LogP contribution in [0.4, 0.5) is 4.79 Å². The summed E-state index contributed by atoms with van der Waals surface area (Å²) in [5, 5.41) is 0. The van der Waals surface area contributed by atoms with Gasteiger partial charge in [-0.1, -0.05) is 0 Å². The molecule has 2 rings (SSSR count). The van der Waals surface area contributed by atoms with Crippen molar-refractivity contribution in [3.63, 3.8) is 0 Å². The van der Waals surface area contributed by atoms with Crippen LogP contribution < -0.4 is 0 Å². The lowest BCUT2D eigenvalue weighted by Crippen LogP contribution is -2.43. The summed E-state index contributed by atoms with van der Waals surface area (Å²) in [5.74, 6) is 0. The molecule has 0 spiro atoms. The van der Waals surface area contributed by atoms with Gasteiger partial charge in [0.2, 0.25) is 0 Å². The quantitative estimate of drug-likeness (QED) is 0.858. The second-order valence-electron chi connectivity index (χ2n) is 6.79. The molecule has 0 N–H and O–H groups in total. The topological polar surface area (TPSA) is 56.6 Å². The third-order valence-electron chi connectivity index (χ3n) is 3.56. The van der Waals surface area contributed by atoms with E-state index in [2.05, 4.69) is 4.98 Å². The Morgan fingerprint density at radius 3 is 2.59 bits per heavy atom. The number of hydrogen-bond donors (Lipinski definition) is 0. The van der Waals surface area contributed by atoms with Crippen molar-refractivity contribution in [3.05, 3.63) is 18.2 Å². The Labute approximate surface area is 132 Å². The summed E-state index contributed by atoms with van der Waals surface area (Å²) in [6, 6.07) is 0. The Bertz CT molecular complexity index is 485. The first-order valence-electron chi connectivity index (χ1n) is 7.91. The Hall–Kier alpha value is -1.56. The fourth-order valence-corrected chi connectivity index (χ4v) is 2.45. The summed E-state index contributed by atoms with van der Waals surface area (Å²) in [7, 11) is 0. The average Bonchev–Trinajstić information content (AvgIpc) is 2.83. The minimum atomic E-state index is -0.437. The monoisotopic (exact) mass is 309 g/mol. The molecular formula is C16H27N3O3. The van der Waals surface area contributed by atoms with Crippen LogP contribution in [0.5, 0.6) is 0 Å². The summed E-state index contributed by atoms with van der Waals surface area (Å²) in [5.41, 5.74) is 0.582. The van der Waals surface area contributed by atoms with Gasteiger partial charge in [0, 0.05) is 25.8 Å². The van der Waals surface area contributed by atoms with Gasteiger partial charge in [-0.25, -0.2) is 9.78 Å². The van der Waals surface area contributed by atoms with Gasteiger partial charge in [-0.05, 0) is 40.5 Å². The summed E-state index contributed by atoms with van der Waals surface area (Å²) in [6.07, 6.45) is 5.56. The number of imidazole rings is 1. The standard InChI is InChI=1S/C16H27N3O3/c1-13-11-18(12-17-13)9-10-21-14-5-7-19(8-6-14)15(20)22-16(2,3)4/h11-12,14H,5-10H2,1-4H3. The number of aryl methyl sites for hydroxylation is 1. The molecule has 2 heterocycles. The third-order valence-corrected chi connectivity index (χ3v) is 3.56. The molecule has 1 aliphatic heterocycles. The smallest absolute Gasteiger partial charge is 0.410 e. The van der Waals surface area contributed by atoms with E-state index in [0.717, 1.165) is 25.1 Å². The van der Waals surface area contributed by atoms with E-state index in [0.29, 0.717) is 19.7 Å². The molecule has 1 amide bonds. The normalized spacial score (nSPS) is 16.8. The van der Waals surface area contributed by atoms with Gasteiger partial charge in [0.25, 0.3) is 0 Å². The maximum absolute atomic E-state index is 12.0. The molecule has 0 aromatic carbocycles. The van der Waals surface area contributed by atoms with Crippen molar-refractivity contribution >= 4 is 6.09 Å². The molecule has 1 aromatic rings. The van der Waals surface area contributed by atoms with Crippen molar-refractivity contribution in [2.24, 2.45) is 0 Å². The van der Waals surface area contributed by atoms with Crippen molar-refractivity contribution in [2.45, 2.75) is 58.8 Å². The van der Waals surface area contributed by atoms with Gasteiger partial charge in [0.1, 0.15) is 5.60 Å². The summed E-state index contributed by atoms with van der Waals surface area (Å²) in [4.78, 5) is 17.9. The molecule has 6 nitrogen and oxygen atoms in total. The van der Waals surface area contributed by atoms with Gasteiger partial charge in [-0.3, -0.25) is 0 Å². The average molecular weight is 309 g/mol. The lowest BCUT2D eigenvalue weighted by Gasteiger charge is -2.33. The van der Waals surface area contributed by atoms with Crippen LogP contribution in [-0.4, -0.2) is 51.9 Å². The van der Waals surface area contributed by atoms with E-state index in [-0.39, 0.29) is 12.2 Å². The van der Waals surface area contributed by atoms with Crippen molar-refractivity contribution in [3.8, 4) is 0 Å². The van der Waals surface area contributed by atoms with Crippen LogP contribution in [0.15, 0.2) is 12.5 Å². The number of carbonyl (C=O) groups excluding carboxylic acids is 1. The fraction of sp³-hybridized carbons (Fsp3) is 0.750. The van der Waals surface area contributed by atoms with Gasteiger partial charge in [0.05, 0.1) is 24.7 Å². The van der Waals surface area contributed by atoms with Crippen molar-refractivity contribution < 1.29 is 14.3 Å². The van der Waals surface area contributed by atoms with E-state index in [4.69, 9.17) is 9.47 Å². The van der Waals surface area contributed by atoms with Crippen molar-refractivity contribution in [1.29, 1.82) is 0 Å². The van der Waals surface area contributed by atoms with Gasteiger partial charge < -0.3 is 18.9 Å². The van der Waals surface area contributed by atoms with Gasteiger partial charge >= 0.3 is 6.09 Å². The largest absolute Gasteiger partial charge is 0.444 e. The molecule has 0 bridgehead atoms. The maximum atomic E-state index is 12.0. The third kappa shape index (κ3) is 5.33. The Morgan fingerprint density at radius 1 is 1.36 bits per heavy atom. The molecule has 0 aliphatic carbocycles. The van der Waals surface area contributed by atoms with E-state index >= 15 is 0 Å². The first-order valence-corrected chi connectivity index (χ1v) is 7.91. The molecule has 1 saturated heterocycles. The first kappa shape index (κ1) is 16.8. The zero-order valence-electron chi connectivity index (χ0n) is 14.0. The second kappa shape index (κ2) is 7.13. The highest BCUT2D eigenvalue weighted by atomic mass is 16.6. The number of ether oxygens (including phenoxy) is 2. The van der Waals surface area contributed by atoms with Crippen LogP contribution in [0.3, 0.4) is 0 Å². The molecule has 0 radical (unpaired) electrons. The number of hydrogen-bond acceptors (Lipinski definition) is 4. The highest BCUT2D eigenvalue weighted by Gasteiger charge is 2.26. The summed E-state index contributed by atoms with van der Waals surface area (Å²) in [6.45, 7) is 10.5. The second-order valence-corrected chi connectivity index (χ2v) is 6.79. The van der Waals surface area contributed by atoms with Gasteiger partial charge in [-0.2, -0.15) is 0 Å². The predicted octanol–water partition coefficient (Wildman–Crippen LogP) is 2.61. The number of aromatic nitrogens is 2. The SMILES string of the molecule is Cc1cn(CCOC2CCN(C(=O)OC(C)(C)C)CC2)cn1. The number of carbonyl (C=O) groups is 1. The Morgan fingerprint density at radius 2 is 2.05 bits per heavy atom. The number of likely N-dealkylation sites (tertiary alicyclic amines) is 1. The number of rotatable bonds is 4. The molecule has 0 saturated carbocycles. The maximum Gasteiger partial charge on any atom is 0.410 e. The van der Waals surface area contributed by atoms with Crippen LogP contribution in [0.2, 0.25) is 0 Å². The molecule has 1 aliphatic rings. The molecular weight excluding hydrogens is 282 g/mol. The molecule has 0 atom stereocenters. The Balaban J connectivity index is 1.65. The number of piperidine rings is 1. The Kier molecular flexibility index (Phi) is 5.45. The molecule has 6 heteroatoms. The van der Waals surface area contributed by atoms with Crippen LogP contribution in [0.25, 0.3) is 0 Å². The van der Waals surface area contributed by atoms with Crippen LogP contribution in [-0.2, 0) is 16.0 Å². The molecule has 1 fully saturated rings. The number of amides is 1. The van der Waals surface area contributed by atoms with E-state index in [1.54, 1.807) is 4.90 Å². The summed E-state index contributed by atoms with van der Waals surface area (Å²) >= 11 is 0. The fourth-order valence-electron chi connectivity index (χ4n) is 2.45. The van der Waals surface area contributed by atoms with Crippen LogP contribution in [0.1, 0.15) is 39.3 Å². The molecule has 1 aromatic heterocycles. The lowest BCUT2D eigenvalue weighted by atomic mass is 10.1. The minimum Gasteiger partial charge on any atom is -0.444 e. The van der Waals surface area contributed by atoms with E-state index < -0.39 is 5.60 Å². The van der Waals surface area contributed by atoms with Gasteiger partial charge in [-0.15, -0.1) is 0 Å². The minimum absolute atomic E-state index is 0.222. The lowest BCUT2D eigenvalue weighted by molar-refractivity contribution is -0.0130. The highest BCUT2D eigenvalue weighted by molar-refractivity contribution is 5.68. The van der Waals surface area contributed by atoms with E-state index in [1.165, 1.54) is 0 Å². The number of nitrogens with zero attached hydrogens (tertiary/aromatic N) is 3.